The van der Waals surface area contributed by atoms with E-state index >= 15 is 0 Å². The summed E-state index contributed by atoms with van der Waals surface area (Å²) in [5.41, 5.74) is 5.68. The molecule has 0 heterocycles. The highest BCUT2D eigenvalue weighted by atomic mass is 35.5. The molecule has 0 bridgehead atoms. The number of carbonyl (C=O) groups is 3. The smallest absolute Gasteiger partial charge is 0.328 e. The lowest BCUT2D eigenvalue weighted by atomic mass is 9.92. The highest BCUT2D eigenvalue weighted by Crippen LogP contribution is 2.25. The summed E-state index contributed by atoms with van der Waals surface area (Å²) in [6, 6.07) is -1.98. The molecule has 0 aliphatic heterocycles. The summed E-state index contributed by atoms with van der Waals surface area (Å²) >= 11 is 0. The quantitative estimate of drug-likeness (QED) is 0.698. The second-order valence-corrected chi connectivity index (χ2v) is 5.44. The molecule has 0 aromatic heterocycles. The first kappa shape index (κ1) is 20.7. The Labute approximate surface area is 136 Å². The van der Waals surface area contributed by atoms with Gasteiger partial charge in [-0.2, -0.15) is 0 Å². The van der Waals surface area contributed by atoms with Crippen molar-refractivity contribution in [2.75, 3.05) is 7.11 Å². The van der Waals surface area contributed by atoms with Crippen LogP contribution in [0.3, 0.4) is 0 Å². The Kier molecular flexibility index (Phi) is 9.04. The van der Waals surface area contributed by atoms with Gasteiger partial charge in [0.05, 0.1) is 19.6 Å². The van der Waals surface area contributed by atoms with Crippen molar-refractivity contribution in [1.82, 2.24) is 4.90 Å². The standard InChI is InChI=1S/C14H24N2O5.ClH/c1-9(14(20)21-2)16(10-6-4-3-5-7-10)13(19)11(15)8-12(17)18;/h9-11H,3-8,15H2,1-2H3,(H,17,18);1H/t9-,11-;/m0./s1. The van der Waals surface area contributed by atoms with E-state index in [1.807, 2.05) is 0 Å². The summed E-state index contributed by atoms with van der Waals surface area (Å²) in [6.45, 7) is 1.59. The fourth-order valence-corrected chi connectivity index (χ4v) is 2.80. The zero-order valence-electron chi connectivity index (χ0n) is 13.0. The van der Waals surface area contributed by atoms with Crippen LogP contribution < -0.4 is 5.73 Å². The normalized spacial score (nSPS) is 17.8. The van der Waals surface area contributed by atoms with Crippen molar-refractivity contribution in [1.29, 1.82) is 0 Å². The van der Waals surface area contributed by atoms with Crippen molar-refractivity contribution in [3.63, 3.8) is 0 Å². The largest absolute Gasteiger partial charge is 0.481 e. The van der Waals surface area contributed by atoms with Crippen LogP contribution in [0.15, 0.2) is 0 Å². The molecule has 0 unspecified atom stereocenters. The molecular weight excluding hydrogens is 312 g/mol. The lowest BCUT2D eigenvalue weighted by Gasteiger charge is -2.38. The molecule has 1 rings (SSSR count). The van der Waals surface area contributed by atoms with E-state index in [1.54, 1.807) is 6.92 Å². The van der Waals surface area contributed by atoms with Gasteiger partial charge >= 0.3 is 11.9 Å². The Bertz CT molecular complexity index is 399. The van der Waals surface area contributed by atoms with Crippen LogP contribution in [0.5, 0.6) is 0 Å². The number of carboxylic acids is 1. The molecule has 128 valence electrons. The Morgan fingerprint density at radius 1 is 1.27 bits per heavy atom. The maximum absolute atomic E-state index is 12.5. The molecule has 0 saturated heterocycles. The first-order valence-electron chi connectivity index (χ1n) is 7.25. The fraction of sp³-hybridized carbons (Fsp3) is 0.786. The minimum absolute atomic E-state index is 0. The summed E-state index contributed by atoms with van der Waals surface area (Å²) < 4.78 is 4.70. The summed E-state index contributed by atoms with van der Waals surface area (Å²) in [6.07, 6.45) is 4.22. The van der Waals surface area contributed by atoms with Crippen molar-refractivity contribution in [3.8, 4) is 0 Å². The molecule has 22 heavy (non-hydrogen) atoms. The van der Waals surface area contributed by atoms with E-state index in [2.05, 4.69) is 0 Å². The first-order valence-corrected chi connectivity index (χ1v) is 7.25. The Balaban J connectivity index is 0.00000441. The summed E-state index contributed by atoms with van der Waals surface area (Å²) in [4.78, 5) is 36.4. The number of carboxylic acid groups (broad SMARTS) is 1. The molecule has 1 aliphatic carbocycles. The van der Waals surface area contributed by atoms with E-state index in [-0.39, 0.29) is 18.4 Å². The molecule has 0 aromatic carbocycles. The number of methoxy groups -OCH3 is 1. The predicted octanol–water partition coefficient (Wildman–Crippen LogP) is 0.933. The van der Waals surface area contributed by atoms with E-state index in [9.17, 15) is 14.4 Å². The number of aliphatic carboxylic acids is 1. The number of carbonyl (C=O) groups excluding carboxylic acids is 2. The second-order valence-electron chi connectivity index (χ2n) is 5.44. The molecule has 7 nitrogen and oxygen atoms in total. The van der Waals surface area contributed by atoms with E-state index in [0.29, 0.717) is 0 Å². The molecular formula is C14H25ClN2O5. The van der Waals surface area contributed by atoms with Gasteiger partial charge in [-0.05, 0) is 19.8 Å². The number of halogens is 1. The number of hydrogen-bond donors (Lipinski definition) is 2. The summed E-state index contributed by atoms with van der Waals surface area (Å²) in [5.74, 6) is -2.15. The van der Waals surface area contributed by atoms with Gasteiger partial charge in [-0.25, -0.2) is 4.79 Å². The molecule has 0 aromatic rings. The monoisotopic (exact) mass is 336 g/mol. The molecule has 0 spiro atoms. The maximum Gasteiger partial charge on any atom is 0.328 e. The summed E-state index contributed by atoms with van der Waals surface area (Å²) in [7, 11) is 1.26. The maximum atomic E-state index is 12.5. The van der Waals surface area contributed by atoms with Gasteiger partial charge in [0, 0.05) is 6.04 Å². The molecule has 0 radical (unpaired) electrons. The van der Waals surface area contributed by atoms with Crippen LogP contribution in [0.25, 0.3) is 0 Å². The minimum Gasteiger partial charge on any atom is -0.481 e. The van der Waals surface area contributed by atoms with E-state index in [4.69, 9.17) is 15.6 Å². The van der Waals surface area contributed by atoms with Crippen LogP contribution >= 0.6 is 12.4 Å². The molecule has 3 N–H and O–H groups in total. The van der Waals surface area contributed by atoms with Crippen LogP contribution in [0.2, 0.25) is 0 Å². The number of nitrogens with zero attached hydrogens (tertiary/aromatic N) is 1. The number of rotatable bonds is 6. The van der Waals surface area contributed by atoms with Crippen LogP contribution in [-0.4, -0.2) is 53.1 Å². The zero-order valence-corrected chi connectivity index (χ0v) is 13.8. The number of ether oxygens (including phenoxy) is 1. The third-order valence-electron chi connectivity index (χ3n) is 3.89. The van der Waals surface area contributed by atoms with E-state index < -0.39 is 36.4 Å². The lowest BCUT2D eigenvalue weighted by molar-refractivity contribution is -0.156. The molecule has 1 saturated carbocycles. The first-order chi connectivity index (χ1) is 9.88. The van der Waals surface area contributed by atoms with Gasteiger partial charge in [0.25, 0.3) is 0 Å². The van der Waals surface area contributed by atoms with Crippen molar-refractivity contribution < 1.29 is 24.2 Å². The summed E-state index contributed by atoms with van der Waals surface area (Å²) in [5, 5.41) is 8.78. The van der Waals surface area contributed by atoms with E-state index in [1.165, 1.54) is 12.0 Å². The Hall–Kier alpha value is -1.34. The average Bonchev–Trinajstić information content (AvgIpc) is 2.46. The van der Waals surface area contributed by atoms with Gasteiger partial charge in [0.15, 0.2) is 0 Å². The van der Waals surface area contributed by atoms with Gasteiger partial charge in [-0.15, -0.1) is 12.4 Å². The third-order valence-corrected chi connectivity index (χ3v) is 3.89. The number of esters is 1. The topological polar surface area (TPSA) is 110 Å². The van der Waals surface area contributed by atoms with Gasteiger partial charge in [0.1, 0.15) is 6.04 Å². The SMILES string of the molecule is COC(=O)[C@H](C)N(C(=O)[C@@H](N)CC(=O)O)C1CCCCC1.Cl. The van der Waals surface area contributed by atoms with Crippen LogP contribution in [0.4, 0.5) is 0 Å². The molecule has 2 atom stereocenters. The lowest BCUT2D eigenvalue weighted by Crippen LogP contribution is -2.55. The number of amides is 1. The average molecular weight is 337 g/mol. The molecule has 1 amide bonds. The zero-order chi connectivity index (χ0) is 16.0. The van der Waals surface area contributed by atoms with Crippen LogP contribution in [0, 0.1) is 0 Å². The van der Waals surface area contributed by atoms with E-state index in [0.717, 1.165) is 32.1 Å². The molecule has 1 aliphatic rings. The van der Waals surface area contributed by atoms with Crippen LogP contribution in [0.1, 0.15) is 45.4 Å². The van der Waals surface area contributed by atoms with Crippen molar-refractivity contribution in [3.05, 3.63) is 0 Å². The Morgan fingerprint density at radius 2 is 1.82 bits per heavy atom. The molecule has 1 fully saturated rings. The van der Waals surface area contributed by atoms with Gasteiger partial charge in [0.2, 0.25) is 5.91 Å². The van der Waals surface area contributed by atoms with Gasteiger partial charge < -0.3 is 20.5 Å². The minimum atomic E-state index is -1.14. The number of nitrogens with two attached hydrogens (primary N) is 1. The molecule has 8 heteroatoms. The van der Waals surface area contributed by atoms with Gasteiger partial charge in [-0.1, -0.05) is 19.3 Å². The predicted molar refractivity (Wildman–Crippen MR) is 82.7 cm³/mol. The highest BCUT2D eigenvalue weighted by molar-refractivity contribution is 5.90. The highest BCUT2D eigenvalue weighted by Gasteiger charge is 2.36. The number of hydrogen-bond acceptors (Lipinski definition) is 5. The van der Waals surface area contributed by atoms with Crippen LogP contribution in [-0.2, 0) is 19.1 Å². The fourth-order valence-electron chi connectivity index (χ4n) is 2.80. The second kappa shape index (κ2) is 9.63. The van der Waals surface area contributed by atoms with Crippen molar-refractivity contribution >= 4 is 30.3 Å². The Morgan fingerprint density at radius 3 is 2.27 bits per heavy atom. The third kappa shape index (κ3) is 5.46. The van der Waals surface area contributed by atoms with Crippen molar-refractivity contribution in [2.24, 2.45) is 5.73 Å². The van der Waals surface area contributed by atoms with Crippen molar-refractivity contribution in [2.45, 2.75) is 63.6 Å². The van der Waals surface area contributed by atoms with Gasteiger partial charge in [-0.3, -0.25) is 9.59 Å².